The Morgan fingerprint density at radius 2 is 1.96 bits per heavy atom. The van der Waals surface area contributed by atoms with Crippen molar-refractivity contribution in [3.63, 3.8) is 0 Å². The second-order valence-electron chi connectivity index (χ2n) is 6.43. The fourth-order valence-corrected chi connectivity index (χ4v) is 3.31. The van der Waals surface area contributed by atoms with Gasteiger partial charge >= 0.3 is 0 Å². The number of benzene rings is 1. The van der Waals surface area contributed by atoms with Crippen molar-refractivity contribution < 1.29 is 4.79 Å². The van der Waals surface area contributed by atoms with E-state index in [1.807, 2.05) is 16.9 Å². The molecule has 23 heavy (non-hydrogen) atoms. The Kier molecular flexibility index (Phi) is 5.46. The van der Waals surface area contributed by atoms with Crippen molar-refractivity contribution in [3.05, 3.63) is 48.3 Å². The summed E-state index contributed by atoms with van der Waals surface area (Å²) in [5.74, 6) is 0.821. The van der Waals surface area contributed by atoms with Gasteiger partial charge in [-0.1, -0.05) is 31.4 Å². The van der Waals surface area contributed by atoms with Crippen LogP contribution in [0.3, 0.4) is 0 Å². The maximum absolute atomic E-state index is 12.0. The topological polar surface area (TPSA) is 46.9 Å². The van der Waals surface area contributed by atoms with Crippen LogP contribution in [-0.2, 0) is 11.2 Å². The number of hydrogen-bond acceptors (Lipinski definition) is 2. The van der Waals surface area contributed by atoms with E-state index in [2.05, 4.69) is 34.7 Å². The number of carbonyl (C=O) groups is 1. The molecule has 1 N–H and O–H groups in total. The zero-order valence-electron chi connectivity index (χ0n) is 13.6. The van der Waals surface area contributed by atoms with E-state index in [9.17, 15) is 4.79 Å². The van der Waals surface area contributed by atoms with E-state index >= 15 is 0 Å². The molecule has 0 saturated heterocycles. The Hall–Kier alpha value is -2.10. The van der Waals surface area contributed by atoms with Crippen molar-refractivity contribution in [2.24, 2.45) is 5.92 Å². The summed E-state index contributed by atoms with van der Waals surface area (Å²) in [6.45, 7) is 0.715. The summed E-state index contributed by atoms with van der Waals surface area (Å²) < 4.78 is 1.84. The van der Waals surface area contributed by atoms with Crippen LogP contribution in [0.4, 0.5) is 0 Å². The Morgan fingerprint density at radius 3 is 2.65 bits per heavy atom. The lowest BCUT2D eigenvalue weighted by Crippen LogP contribution is -2.28. The normalized spacial score (nSPS) is 15.5. The molecule has 0 radical (unpaired) electrons. The van der Waals surface area contributed by atoms with E-state index in [0.717, 1.165) is 12.1 Å². The van der Waals surface area contributed by atoms with Gasteiger partial charge in [-0.15, -0.1) is 0 Å². The van der Waals surface area contributed by atoms with E-state index in [1.165, 1.54) is 37.7 Å². The molecule has 1 aromatic carbocycles. The van der Waals surface area contributed by atoms with Gasteiger partial charge in [0.05, 0.1) is 5.69 Å². The van der Waals surface area contributed by atoms with Crippen LogP contribution in [0.15, 0.2) is 42.7 Å². The first-order chi connectivity index (χ1) is 11.3. The zero-order chi connectivity index (χ0) is 15.9. The summed E-state index contributed by atoms with van der Waals surface area (Å²) in [5, 5.41) is 7.28. The summed E-state index contributed by atoms with van der Waals surface area (Å²) >= 11 is 0. The summed E-state index contributed by atoms with van der Waals surface area (Å²) in [6.07, 6.45) is 11.7. The van der Waals surface area contributed by atoms with Crippen LogP contribution in [0.1, 0.15) is 44.1 Å². The van der Waals surface area contributed by atoms with Crippen LogP contribution in [0, 0.1) is 5.92 Å². The largest absolute Gasteiger partial charge is 0.356 e. The molecular formula is C19H25N3O. The molecule has 0 bridgehead atoms. The molecule has 1 aliphatic rings. The molecule has 0 aliphatic heterocycles. The van der Waals surface area contributed by atoms with Gasteiger partial charge in [0.15, 0.2) is 0 Å². The van der Waals surface area contributed by atoms with Gasteiger partial charge in [-0.05, 0) is 48.9 Å². The molecule has 0 unspecified atom stereocenters. The maximum Gasteiger partial charge on any atom is 0.220 e. The van der Waals surface area contributed by atoms with Crippen molar-refractivity contribution in [1.29, 1.82) is 0 Å². The van der Waals surface area contributed by atoms with Gasteiger partial charge in [-0.3, -0.25) is 4.79 Å². The number of aromatic nitrogens is 2. The zero-order valence-corrected chi connectivity index (χ0v) is 13.6. The Labute approximate surface area is 137 Å². The number of rotatable bonds is 6. The minimum absolute atomic E-state index is 0.213. The second kappa shape index (κ2) is 7.95. The van der Waals surface area contributed by atoms with Gasteiger partial charge in [-0.25, -0.2) is 4.68 Å². The predicted octanol–water partition coefficient (Wildman–Crippen LogP) is 3.50. The lowest BCUT2D eigenvalue weighted by Gasteiger charge is -2.20. The first kappa shape index (κ1) is 15.8. The summed E-state index contributed by atoms with van der Waals surface area (Å²) in [7, 11) is 0. The van der Waals surface area contributed by atoms with Crippen LogP contribution in [-0.4, -0.2) is 22.2 Å². The van der Waals surface area contributed by atoms with Gasteiger partial charge < -0.3 is 5.32 Å². The first-order valence-electron chi connectivity index (χ1n) is 8.67. The molecular weight excluding hydrogens is 286 g/mol. The quantitative estimate of drug-likeness (QED) is 0.887. The van der Waals surface area contributed by atoms with Gasteiger partial charge in [-0.2, -0.15) is 5.10 Å². The van der Waals surface area contributed by atoms with Crippen molar-refractivity contribution >= 4 is 5.91 Å². The van der Waals surface area contributed by atoms with Crippen LogP contribution in [0.25, 0.3) is 5.69 Å². The highest BCUT2D eigenvalue weighted by Gasteiger charge is 2.16. The maximum atomic E-state index is 12.0. The fraction of sp³-hybridized carbons (Fsp3) is 0.474. The SMILES string of the molecule is O=C(CC1CCCCC1)NCCc1ccc(-n2cccn2)cc1. The fourth-order valence-electron chi connectivity index (χ4n) is 3.31. The highest BCUT2D eigenvalue weighted by molar-refractivity contribution is 5.76. The number of carbonyl (C=O) groups excluding carboxylic acids is 1. The molecule has 1 saturated carbocycles. The van der Waals surface area contributed by atoms with E-state index in [4.69, 9.17) is 0 Å². The van der Waals surface area contributed by atoms with E-state index in [1.54, 1.807) is 6.20 Å². The third-order valence-corrected chi connectivity index (χ3v) is 4.64. The molecule has 0 atom stereocenters. The minimum Gasteiger partial charge on any atom is -0.356 e. The third-order valence-electron chi connectivity index (χ3n) is 4.64. The molecule has 1 fully saturated rings. The van der Waals surface area contributed by atoms with Gasteiger partial charge in [0, 0.05) is 25.4 Å². The molecule has 3 rings (SSSR count). The average molecular weight is 311 g/mol. The molecule has 4 heteroatoms. The first-order valence-corrected chi connectivity index (χ1v) is 8.67. The molecule has 1 aliphatic carbocycles. The van der Waals surface area contributed by atoms with E-state index in [-0.39, 0.29) is 5.91 Å². The number of nitrogens with zero attached hydrogens (tertiary/aromatic N) is 2. The van der Waals surface area contributed by atoms with Crippen molar-refractivity contribution in [1.82, 2.24) is 15.1 Å². The summed E-state index contributed by atoms with van der Waals surface area (Å²) in [4.78, 5) is 12.0. The molecule has 1 amide bonds. The van der Waals surface area contributed by atoms with Crippen molar-refractivity contribution in [2.45, 2.75) is 44.9 Å². The summed E-state index contributed by atoms with van der Waals surface area (Å²) in [6, 6.07) is 10.2. The van der Waals surface area contributed by atoms with Gasteiger partial charge in [0.1, 0.15) is 0 Å². The average Bonchev–Trinajstić information content (AvgIpc) is 3.11. The number of amides is 1. The Bertz CT molecular complexity index is 598. The molecule has 2 aromatic rings. The molecule has 1 heterocycles. The minimum atomic E-state index is 0.213. The number of hydrogen-bond donors (Lipinski definition) is 1. The standard InChI is InChI=1S/C19H25N3O/c23-19(15-17-5-2-1-3-6-17)20-13-11-16-7-9-18(10-8-16)22-14-4-12-21-22/h4,7-10,12,14,17H,1-3,5-6,11,13,15H2,(H,20,23). The monoisotopic (exact) mass is 311 g/mol. The van der Waals surface area contributed by atoms with Crippen molar-refractivity contribution in [2.75, 3.05) is 6.54 Å². The van der Waals surface area contributed by atoms with Gasteiger partial charge in [0.25, 0.3) is 0 Å². The van der Waals surface area contributed by atoms with Gasteiger partial charge in [0.2, 0.25) is 5.91 Å². The summed E-state index contributed by atoms with van der Waals surface area (Å²) in [5.41, 5.74) is 2.29. The predicted molar refractivity (Wildman–Crippen MR) is 91.5 cm³/mol. The smallest absolute Gasteiger partial charge is 0.220 e. The lowest BCUT2D eigenvalue weighted by molar-refractivity contribution is -0.122. The molecule has 4 nitrogen and oxygen atoms in total. The van der Waals surface area contributed by atoms with Crippen LogP contribution in [0.5, 0.6) is 0 Å². The van der Waals surface area contributed by atoms with E-state index < -0.39 is 0 Å². The highest BCUT2D eigenvalue weighted by atomic mass is 16.1. The van der Waals surface area contributed by atoms with Crippen LogP contribution < -0.4 is 5.32 Å². The molecule has 122 valence electrons. The highest BCUT2D eigenvalue weighted by Crippen LogP contribution is 2.26. The number of nitrogens with one attached hydrogen (secondary N) is 1. The second-order valence-corrected chi connectivity index (χ2v) is 6.43. The Morgan fingerprint density at radius 1 is 1.17 bits per heavy atom. The lowest BCUT2D eigenvalue weighted by atomic mass is 9.87. The van der Waals surface area contributed by atoms with Crippen LogP contribution in [0.2, 0.25) is 0 Å². The molecule has 0 spiro atoms. The molecule has 1 aromatic heterocycles. The third kappa shape index (κ3) is 4.68. The Balaban J connectivity index is 1.40. The van der Waals surface area contributed by atoms with Crippen LogP contribution >= 0.6 is 0 Å². The van der Waals surface area contributed by atoms with E-state index in [0.29, 0.717) is 18.9 Å². The van der Waals surface area contributed by atoms with Crippen molar-refractivity contribution in [3.8, 4) is 5.69 Å².